The Kier molecular flexibility index (Phi) is 6.24. The maximum atomic E-state index is 12.5. The Bertz CT molecular complexity index is 1030. The second-order valence-corrected chi connectivity index (χ2v) is 7.34. The predicted molar refractivity (Wildman–Crippen MR) is 113 cm³/mol. The molecule has 3 heterocycles. The average molecular weight is 407 g/mol. The number of anilines is 1. The van der Waals surface area contributed by atoms with E-state index in [0.29, 0.717) is 18.8 Å². The van der Waals surface area contributed by atoms with Crippen molar-refractivity contribution in [3.63, 3.8) is 0 Å². The van der Waals surface area contributed by atoms with Gasteiger partial charge in [-0.25, -0.2) is 14.6 Å². The van der Waals surface area contributed by atoms with Crippen LogP contribution in [0.5, 0.6) is 0 Å². The molecule has 1 aliphatic rings. The average Bonchev–Trinajstić information content (AvgIpc) is 3.45. The van der Waals surface area contributed by atoms with Gasteiger partial charge < -0.3 is 15.1 Å². The summed E-state index contributed by atoms with van der Waals surface area (Å²) in [6.07, 6.45) is 7.15. The zero-order valence-electron chi connectivity index (χ0n) is 16.7. The Morgan fingerprint density at radius 2 is 2.03 bits per heavy atom. The molecule has 8 nitrogen and oxygen atoms in total. The van der Waals surface area contributed by atoms with Crippen molar-refractivity contribution in [2.24, 2.45) is 0 Å². The number of urea groups is 1. The van der Waals surface area contributed by atoms with E-state index in [2.05, 4.69) is 20.5 Å². The molecule has 0 bridgehead atoms. The lowest BCUT2D eigenvalue weighted by Crippen LogP contribution is -2.38. The molecule has 1 saturated heterocycles. The molecule has 30 heavy (non-hydrogen) atoms. The first-order chi connectivity index (χ1) is 14.7. The van der Waals surface area contributed by atoms with Crippen molar-refractivity contribution in [3.05, 3.63) is 82.9 Å². The van der Waals surface area contributed by atoms with Crippen molar-refractivity contribution in [1.29, 1.82) is 0 Å². The van der Waals surface area contributed by atoms with Crippen molar-refractivity contribution < 1.29 is 9.21 Å². The highest BCUT2D eigenvalue weighted by molar-refractivity contribution is 5.89. The number of amides is 2. The van der Waals surface area contributed by atoms with Gasteiger partial charge in [-0.1, -0.05) is 12.1 Å². The van der Waals surface area contributed by atoms with Crippen LogP contribution in [0.15, 0.2) is 70.3 Å². The summed E-state index contributed by atoms with van der Waals surface area (Å²) in [5, 5.41) is 5.83. The van der Waals surface area contributed by atoms with E-state index in [1.807, 2.05) is 36.4 Å². The van der Waals surface area contributed by atoms with Crippen molar-refractivity contribution in [2.45, 2.75) is 25.4 Å². The number of aromatic nitrogens is 2. The zero-order valence-corrected chi connectivity index (χ0v) is 16.7. The van der Waals surface area contributed by atoms with Crippen LogP contribution in [0, 0.1) is 0 Å². The molecule has 8 heteroatoms. The second kappa shape index (κ2) is 9.41. The monoisotopic (exact) mass is 407 g/mol. The van der Waals surface area contributed by atoms with E-state index >= 15 is 0 Å². The van der Waals surface area contributed by atoms with Gasteiger partial charge in [-0.2, -0.15) is 0 Å². The summed E-state index contributed by atoms with van der Waals surface area (Å²) in [7, 11) is 0. The van der Waals surface area contributed by atoms with Crippen molar-refractivity contribution >= 4 is 11.7 Å². The van der Waals surface area contributed by atoms with Crippen LogP contribution < -0.4 is 16.3 Å². The molecule has 156 valence electrons. The lowest BCUT2D eigenvalue weighted by Gasteiger charge is -2.26. The molecule has 2 aromatic heterocycles. The lowest BCUT2D eigenvalue weighted by molar-refractivity contribution is 0.207. The van der Waals surface area contributed by atoms with Crippen molar-refractivity contribution in [1.82, 2.24) is 19.8 Å². The second-order valence-electron chi connectivity index (χ2n) is 7.34. The fourth-order valence-corrected chi connectivity index (χ4v) is 3.76. The molecular weight excluding hydrogens is 382 g/mol. The Labute approximate surface area is 174 Å². The molecule has 1 unspecified atom stereocenters. The normalized spacial score (nSPS) is 15.1. The molecule has 4 rings (SSSR count). The smallest absolute Gasteiger partial charge is 0.347 e. The van der Waals surface area contributed by atoms with Gasteiger partial charge in [0.05, 0.1) is 18.8 Å². The highest BCUT2D eigenvalue weighted by Gasteiger charge is 2.25. The summed E-state index contributed by atoms with van der Waals surface area (Å²) in [5.41, 5.74) is 1.26. The van der Waals surface area contributed by atoms with Gasteiger partial charge in [-0.15, -0.1) is 0 Å². The molecule has 0 saturated carbocycles. The molecule has 1 aromatic carbocycles. The summed E-state index contributed by atoms with van der Waals surface area (Å²) in [6, 6.07) is 12.7. The highest BCUT2D eigenvalue weighted by Crippen LogP contribution is 2.24. The fraction of sp³-hybridized carbons (Fsp3) is 0.318. The molecular formula is C22H25N5O3. The number of rotatable bonds is 7. The van der Waals surface area contributed by atoms with E-state index in [9.17, 15) is 9.59 Å². The molecule has 3 aromatic rings. The van der Waals surface area contributed by atoms with Crippen LogP contribution in [-0.4, -0.2) is 40.1 Å². The SMILES string of the molecule is O=C(NCC(c1ccco1)N1CCCC1)Nc1cccc(Cn2cccnc2=O)c1. The molecule has 1 atom stereocenters. The minimum atomic E-state index is -0.306. The van der Waals surface area contributed by atoms with Crippen LogP contribution >= 0.6 is 0 Å². The predicted octanol–water partition coefficient (Wildman–Crippen LogP) is 2.84. The fourth-order valence-electron chi connectivity index (χ4n) is 3.76. The summed E-state index contributed by atoms with van der Waals surface area (Å²) < 4.78 is 7.11. The van der Waals surface area contributed by atoms with Gasteiger partial charge in [0.25, 0.3) is 0 Å². The Morgan fingerprint density at radius 3 is 2.80 bits per heavy atom. The number of carbonyl (C=O) groups excluding carboxylic acids is 1. The van der Waals surface area contributed by atoms with Gasteiger partial charge in [0.1, 0.15) is 5.76 Å². The summed E-state index contributed by atoms with van der Waals surface area (Å²) in [6.45, 7) is 2.86. The Hall–Kier alpha value is -3.39. The molecule has 2 N–H and O–H groups in total. The Morgan fingerprint density at radius 1 is 1.17 bits per heavy atom. The number of furan rings is 1. The molecule has 0 spiro atoms. The number of hydrogen-bond donors (Lipinski definition) is 2. The third-order valence-electron chi connectivity index (χ3n) is 5.23. The standard InChI is InChI=1S/C22H25N5O3/c28-21(24-15-19(20-8-4-13-30-20)26-10-1-2-11-26)25-18-7-3-6-17(14-18)16-27-12-5-9-23-22(27)29/h3-9,12-14,19H,1-2,10-11,15-16H2,(H2,24,25,28). The largest absolute Gasteiger partial charge is 0.468 e. The molecule has 2 amide bonds. The number of hydrogen-bond acceptors (Lipinski definition) is 5. The third kappa shape index (κ3) is 4.96. The van der Waals surface area contributed by atoms with E-state index in [1.165, 1.54) is 10.8 Å². The maximum Gasteiger partial charge on any atom is 0.347 e. The van der Waals surface area contributed by atoms with Crippen LogP contribution in [0.3, 0.4) is 0 Å². The molecule has 0 radical (unpaired) electrons. The van der Waals surface area contributed by atoms with E-state index < -0.39 is 0 Å². The van der Waals surface area contributed by atoms with Crippen LogP contribution in [0.4, 0.5) is 10.5 Å². The molecule has 1 fully saturated rings. The summed E-state index contributed by atoms with van der Waals surface area (Å²) in [5.74, 6) is 0.862. The first-order valence-electron chi connectivity index (χ1n) is 10.1. The van der Waals surface area contributed by atoms with E-state index in [4.69, 9.17) is 4.42 Å². The topological polar surface area (TPSA) is 92.4 Å². The van der Waals surface area contributed by atoms with Gasteiger partial charge >= 0.3 is 11.7 Å². The van der Waals surface area contributed by atoms with E-state index in [0.717, 1.165) is 37.3 Å². The maximum absolute atomic E-state index is 12.5. The van der Waals surface area contributed by atoms with Gasteiger partial charge in [0.15, 0.2) is 0 Å². The minimum Gasteiger partial charge on any atom is -0.468 e. The quantitative estimate of drug-likeness (QED) is 0.628. The lowest BCUT2D eigenvalue weighted by atomic mass is 10.2. The minimum absolute atomic E-state index is 0.0250. The molecule has 0 aliphatic carbocycles. The van der Waals surface area contributed by atoms with Gasteiger partial charge in [0, 0.05) is 24.6 Å². The van der Waals surface area contributed by atoms with Crippen molar-refractivity contribution in [3.8, 4) is 0 Å². The van der Waals surface area contributed by atoms with Gasteiger partial charge in [-0.05, 0) is 61.8 Å². The van der Waals surface area contributed by atoms with Crippen molar-refractivity contribution in [2.75, 3.05) is 25.0 Å². The van der Waals surface area contributed by atoms with Crippen LogP contribution in [0.25, 0.3) is 0 Å². The van der Waals surface area contributed by atoms with Gasteiger partial charge in [-0.3, -0.25) is 9.47 Å². The first kappa shape index (κ1) is 19.9. The zero-order chi connectivity index (χ0) is 20.8. The van der Waals surface area contributed by atoms with Gasteiger partial charge in [0.2, 0.25) is 0 Å². The number of likely N-dealkylation sites (tertiary alicyclic amines) is 1. The first-order valence-corrected chi connectivity index (χ1v) is 10.1. The summed E-state index contributed by atoms with van der Waals surface area (Å²) >= 11 is 0. The summed E-state index contributed by atoms with van der Waals surface area (Å²) in [4.78, 5) is 30.4. The Balaban J connectivity index is 1.36. The highest BCUT2D eigenvalue weighted by atomic mass is 16.3. The number of nitrogens with one attached hydrogen (secondary N) is 2. The number of benzene rings is 1. The van der Waals surface area contributed by atoms with Crippen LogP contribution in [0.1, 0.15) is 30.2 Å². The number of carbonyl (C=O) groups is 1. The van der Waals surface area contributed by atoms with Crippen LogP contribution in [-0.2, 0) is 6.54 Å². The third-order valence-corrected chi connectivity index (χ3v) is 5.23. The number of nitrogens with zero attached hydrogens (tertiary/aromatic N) is 3. The van der Waals surface area contributed by atoms with E-state index in [1.54, 1.807) is 18.5 Å². The molecule has 1 aliphatic heterocycles. The van der Waals surface area contributed by atoms with E-state index in [-0.39, 0.29) is 17.8 Å². The van der Waals surface area contributed by atoms with Crippen LogP contribution in [0.2, 0.25) is 0 Å².